The highest BCUT2D eigenvalue weighted by atomic mass is 35.5. The van der Waals surface area contributed by atoms with Crippen LogP contribution in [0.1, 0.15) is 31.0 Å². The van der Waals surface area contributed by atoms with Crippen LogP contribution in [0.5, 0.6) is 0 Å². The number of aliphatic hydroxyl groups is 1. The van der Waals surface area contributed by atoms with Crippen LogP contribution < -0.4 is 17.0 Å². The van der Waals surface area contributed by atoms with Crippen LogP contribution in [0.2, 0.25) is 0 Å². The third kappa shape index (κ3) is 2.10. The summed E-state index contributed by atoms with van der Waals surface area (Å²) >= 11 is 0. The standard InChI is InChI=1S/C19H20N2O.ClH/c22-11-12-5-6-14-9-13(12)10-18-19-16(7-8-21(14)18)15-3-1-2-4-17(15)20-19;/h1-4,7-8,12-14,22H,5-6,9-11H2;1H/t12-,13+,14-;/m1./s1. The van der Waals surface area contributed by atoms with Gasteiger partial charge in [-0.2, -0.15) is 4.57 Å². The molecule has 0 spiro atoms. The molecule has 2 aliphatic rings. The first kappa shape index (κ1) is 15.0. The van der Waals surface area contributed by atoms with Crippen molar-refractivity contribution in [2.24, 2.45) is 11.8 Å². The quantitative estimate of drug-likeness (QED) is 0.612. The van der Waals surface area contributed by atoms with Gasteiger partial charge in [-0.1, -0.05) is 18.2 Å². The maximum Gasteiger partial charge on any atom is 0.206 e. The molecule has 1 aliphatic heterocycles. The van der Waals surface area contributed by atoms with Crippen molar-refractivity contribution in [1.82, 2.24) is 4.98 Å². The molecule has 5 rings (SSSR count). The van der Waals surface area contributed by atoms with Gasteiger partial charge in [-0.05, 0) is 24.3 Å². The number of para-hydroxylation sites is 1. The van der Waals surface area contributed by atoms with Crippen molar-refractivity contribution in [2.75, 3.05) is 6.61 Å². The second kappa shape index (κ2) is 5.50. The summed E-state index contributed by atoms with van der Waals surface area (Å²) in [5.41, 5.74) is 3.96. The molecule has 1 aliphatic carbocycles. The zero-order valence-electron chi connectivity index (χ0n) is 13.0. The minimum atomic E-state index is 0. The highest BCUT2D eigenvalue weighted by Crippen LogP contribution is 2.40. The van der Waals surface area contributed by atoms with E-state index < -0.39 is 0 Å². The summed E-state index contributed by atoms with van der Waals surface area (Å²) in [4.78, 5) is 3.64. The van der Waals surface area contributed by atoms with E-state index in [4.69, 9.17) is 0 Å². The lowest BCUT2D eigenvalue weighted by atomic mass is 9.72. The van der Waals surface area contributed by atoms with Crippen LogP contribution in [0.25, 0.3) is 21.8 Å². The first-order valence-electron chi connectivity index (χ1n) is 8.39. The summed E-state index contributed by atoms with van der Waals surface area (Å²) in [7, 11) is 0. The molecule has 3 aromatic rings. The third-order valence-electron chi connectivity index (χ3n) is 5.94. The van der Waals surface area contributed by atoms with Gasteiger partial charge in [-0.25, -0.2) is 0 Å². The number of nitrogens with one attached hydrogen (secondary N) is 1. The first-order valence-corrected chi connectivity index (χ1v) is 8.39. The van der Waals surface area contributed by atoms with E-state index in [0.717, 1.165) is 6.42 Å². The van der Waals surface area contributed by atoms with E-state index in [1.807, 2.05) is 0 Å². The van der Waals surface area contributed by atoms with Crippen molar-refractivity contribution in [3.8, 4) is 0 Å². The van der Waals surface area contributed by atoms with Crippen LogP contribution in [-0.2, 0) is 6.42 Å². The normalized spacial score (nSPS) is 26.0. The van der Waals surface area contributed by atoms with Gasteiger partial charge < -0.3 is 22.5 Å². The molecule has 0 unspecified atom stereocenters. The summed E-state index contributed by atoms with van der Waals surface area (Å²) in [6.45, 7) is 0.347. The van der Waals surface area contributed by atoms with Crippen LogP contribution in [-0.4, -0.2) is 16.7 Å². The lowest BCUT2D eigenvalue weighted by Crippen LogP contribution is -3.00. The van der Waals surface area contributed by atoms with Gasteiger partial charge in [0.1, 0.15) is 5.52 Å². The fraction of sp³-hybridized carbons (Fsp3) is 0.421. The highest BCUT2D eigenvalue weighted by molar-refractivity contribution is 6.07. The minimum Gasteiger partial charge on any atom is -1.00 e. The number of pyridine rings is 1. The van der Waals surface area contributed by atoms with Crippen LogP contribution in [0.3, 0.4) is 0 Å². The molecule has 4 heteroatoms. The lowest BCUT2D eigenvalue weighted by molar-refractivity contribution is -0.739. The van der Waals surface area contributed by atoms with Crippen molar-refractivity contribution in [3.63, 3.8) is 0 Å². The molecule has 120 valence electrons. The fourth-order valence-electron chi connectivity index (χ4n) is 4.78. The predicted octanol–water partition coefficient (Wildman–Crippen LogP) is 0.118. The monoisotopic (exact) mass is 328 g/mol. The zero-order valence-corrected chi connectivity index (χ0v) is 13.8. The molecule has 0 saturated heterocycles. The molecule has 0 radical (unpaired) electrons. The molecule has 0 amide bonds. The van der Waals surface area contributed by atoms with E-state index in [0.29, 0.717) is 24.5 Å². The van der Waals surface area contributed by atoms with E-state index in [1.54, 1.807) is 0 Å². The molecule has 1 aromatic carbocycles. The third-order valence-corrected chi connectivity index (χ3v) is 5.94. The average Bonchev–Trinajstić information content (AvgIpc) is 2.94. The van der Waals surface area contributed by atoms with E-state index in [2.05, 4.69) is 46.1 Å². The number of hydrogen-bond donors (Lipinski definition) is 2. The predicted molar refractivity (Wildman–Crippen MR) is 86.7 cm³/mol. The first-order chi connectivity index (χ1) is 10.8. The van der Waals surface area contributed by atoms with E-state index in [-0.39, 0.29) is 12.4 Å². The maximum absolute atomic E-state index is 9.66. The van der Waals surface area contributed by atoms with Crippen molar-refractivity contribution < 1.29 is 22.1 Å². The summed E-state index contributed by atoms with van der Waals surface area (Å²) < 4.78 is 2.50. The summed E-state index contributed by atoms with van der Waals surface area (Å²) in [5.74, 6) is 1.13. The van der Waals surface area contributed by atoms with Crippen LogP contribution in [0, 0.1) is 11.8 Å². The van der Waals surface area contributed by atoms with Gasteiger partial charge in [-0.3, -0.25) is 0 Å². The SMILES string of the molecule is OC[C@H]1CC[C@@H]2C[C@H]1Cc1c3[nH]c4ccccc4c3cc[n+]12.[Cl-]. The van der Waals surface area contributed by atoms with Crippen molar-refractivity contribution in [3.05, 3.63) is 42.2 Å². The molecule has 1 saturated carbocycles. The number of rotatable bonds is 1. The van der Waals surface area contributed by atoms with Gasteiger partial charge in [0.05, 0.1) is 0 Å². The van der Waals surface area contributed by atoms with Crippen molar-refractivity contribution in [2.45, 2.75) is 31.7 Å². The minimum absolute atomic E-state index is 0. The molecule has 2 aromatic heterocycles. The average molecular weight is 329 g/mol. The second-order valence-corrected chi connectivity index (χ2v) is 7.00. The molecular weight excluding hydrogens is 308 g/mol. The second-order valence-electron chi connectivity index (χ2n) is 7.00. The zero-order chi connectivity index (χ0) is 14.7. The lowest BCUT2D eigenvalue weighted by Gasteiger charge is -2.36. The molecule has 2 bridgehead atoms. The topological polar surface area (TPSA) is 39.9 Å². The highest BCUT2D eigenvalue weighted by Gasteiger charge is 2.42. The van der Waals surface area contributed by atoms with Gasteiger partial charge in [0, 0.05) is 48.2 Å². The number of aromatic amines is 1. The van der Waals surface area contributed by atoms with Gasteiger partial charge in [0.2, 0.25) is 5.69 Å². The van der Waals surface area contributed by atoms with Crippen LogP contribution >= 0.6 is 0 Å². The molecule has 23 heavy (non-hydrogen) atoms. The van der Waals surface area contributed by atoms with Crippen LogP contribution in [0.4, 0.5) is 0 Å². The number of fused-ring (bicyclic) bond motifs is 8. The molecule has 1 fully saturated rings. The van der Waals surface area contributed by atoms with Gasteiger partial charge in [-0.15, -0.1) is 0 Å². The Kier molecular flexibility index (Phi) is 3.58. The van der Waals surface area contributed by atoms with E-state index in [9.17, 15) is 5.11 Å². The Balaban J connectivity index is 0.00000135. The summed E-state index contributed by atoms with van der Waals surface area (Å²) in [5, 5.41) is 12.3. The number of aliphatic hydroxyl groups excluding tert-OH is 1. The molecular formula is C19H21ClN2O. The Bertz CT molecular complexity index is 872. The molecule has 3 heterocycles. The van der Waals surface area contributed by atoms with Crippen LogP contribution in [0.15, 0.2) is 36.5 Å². The molecule has 3 nitrogen and oxygen atoms in total. The van der Waals surface area contributed by atoms with Crippen molar-refractivity contribution in [1.29, 1.82) is 0 Å². The van der Waals surface area contributed by atoms with Crippen molar-refractivity contribution >= 4 is 21.8 Å². The van der Waals surface area contributed by atoms with Gasteiger partial charge in [0.15, 0.2) is 12.2 Å². The Hall–Kier alpha value is -1.58. The summed E-state index contributed by atoms with van der Waals surface area (Å²) in [6, 6.07) is 11.5. The number of H-pyrrole nitrogens is 1. The number of hydrogen-bond acceptors (Lipinski definition) is 1. The smallest absolute Gasteiger partial charge is 0.206 e. The molecule has 2 N–H and O–H groups in total. The Morgan fingerprint density at radius 3 is 2.87 bits per heavy atom. The Morgan fingerprint density at radius 2 is 2.00 bits per heavy atom. The largest absolute Gasteiger partial charge is 1.00 e. The van der Waals surface area contributed by atoms with Gasteiger partial charge >= 0.3 is 0 Å². The Morgan fingerprint density at radius 1 is 1.13 bits per heavy atom. The number of nitrogens with zero attached hydrogens (tertiary/aromatic N) is 1. The number of aromatic nitrogens is 2. The molecule has 3 atom stereocenters. The van der Waals surface area contributed by atoms with E-state index >= 15 is 0 Å². The maximum atomic E-state index is 9.66. The van der Waals surface area contributed by atoms with E-state index in [1.165, 1.54) is 46.8 Å². The number of benzene rings is 1. The fourth-order valence-corrected chi connectivity index (χ4v) is 4.78. The summed E-state index contributed by atoms with van der Waals surface area (Å²) in [6.07, 6.45) is 6.98. The van der Waals surface area contributed by atoms with Gasteiger partial charge in [0.25, 0.3) is 0 Å². The Labute approximate surface area is 141 Å². The number of halogens is 1.